The van der Waals surface area contributed by atoms with Crippen LogP contribution in [0.4, 0.5) is 0 Å². The van der Waals surface area contributed by atoms with Gasteiger partial charge in [0.05, 0.1) is 6.42 Å². The molecule has 0 radical (unpaired) electrons. The molecule has 0 bridgehead atoms. The summed E-state index contributed by atoms with van der Waals surface area (Å²) in [7, 11) is 2.20. The van der Waals surface area contributed by atoms with Gasteiger partial charge in [-0.05, 0) is 61.7 Å². The van der Waals surface area contributed by atoms with E-state index >= 15 is 0 Å². The van der Waals surface area contributed by atoms with Gasteiger partial charge in [0.1, 0.15) is 0 Å². The Kier molecular flexibility index (Phi) is 5.25. The van der Waals surface area contributed by atoms with Crippen molar-refractivity contribution in [2.75, 3.05) is 26.7 Å². The number of rotatable bonds is 2. The maximum atomic E-state index is 13.2. The number of halogens is 1. The van der Waals surface area contributed by atoms with Crippen LogP contribution in [0.5, 0.6) is 0 Å². The Labute approximate surface area is 166 Å². The van der Waals surface area contributed by atoms with Gasteiger partial charge in [-0.3, -0.25) is 4.79 Å². The number of likely N-dealkylation sites (tertiary alicyclic amines) is 1. The molecule has 1 atom stereocenters. The summed E-state index contributed by atoms with van der Waals surface area (Å²) in [5, 5.41) is 0.687. The molecule has 3 nitrogen and oxygen atoms in total. The third-order valence-electron chi connectivity index (χ3n) is 6.02. The third kappa shape index (κ3) is 4.20. The largest absolute Gasteiger partial charge is 0.337 e. The number of piperidine rings is 1. The van der Waals surface area contributed by atoms with E-state index in [1.54, 1.807) is 0 Å². The van der Waals surface area contributed by atoms with Crippen molar-refractivity contribution < 1.29 is 4.79 Å². The molecule has 27 heavy (non-hydrogen) atoms. The molecule has 0 aromatic heterocycles. The fourth-order valence-corrected chi connectivity index (χ4v) is 5.06. The normalized spacial score (nSPS) is 23.1. The van der Waals surface area contributed by atoms with Gasteiger partial charge in [-0.2, -0.15) is 0 Å². The minimum atomic E-state index is 0.156. The van der Waals surface area contributed by atoms with Gasteiger partial charge in [-0.15, -0.1) is 0 Å². The van der Waals surface area contributed by atoms with Crippen molar-refractivity contribution in [3.8, 4) is 0 Å². The van der Waals surface area contributed by atoms with Crippen LogP contribution in [0.3, 0.4) is 0 Å². The highest BCUT2D eigenvalue weighted by atomic mass is 35.5. The van der Waals surface area contributed by atoms with E-state index in [2.05, 4.69) is 41.1 Å². The van der Waals surface area contributed by atoms with Gasteiger partial charge in [0.2, 0.25) is 5.91 Å². The Morgan fingerprint density at radius 3 is 2.70 bits per heavy atom. The number of benzene rings is 2. The van der Waals surface area contributed by atoms with Crippen LogP contribution in [-0.4, -0.2) is 42.4 Å². The first-order valence-electron chi connectivity index (χ1n) is 9.81. The summed E-state index contributed by atoms with van der Waals surface area (Å²) in [5.74, 6) is 0.196. The lowest BCUT2D eigenvalue weighted by atomic mass is 9.75. The molecule has 2 aliphatic rings. The van der Waals surface area contributed by atoms with Crippen LogP contribution in [0.2, 0.25) is 5.02 Å². The number of hydrogen-bond acceptors (Lipinski definition) is 2. The molecule has 1 saturated heterocycles. The van der Waals surface area contributed by atoms with E-state index < -0.39 is 0 Å². The highest BCUT2D eigenvalue weighted by Crippen LogP contribution is 2.38. The van der Waals surface area contributed by atoms with E-state index in [1.807, 2.05) is 24.3 Å². The maximum absolute atomic E-state index is 13.2. The molecule has 0 saturated carbocycles. The molecule has 4 rings (SSSR count). The van der Waals surface area contributed by atoms with Crippen molar-refractivity contribution in [2.24, 2.45) is 5.41 Å². The van der Waals surface area contributed by atoms with Crippen molar-refractivity contribution in [3.63, 3.8) is 0 Å². The molecule has 0 N–H and O–H groups in total. The van der Waals surface area contributed by atoms with Gasteiger partial charge >= 0.3 is 0 Å². The zero-order chi connectivity index (χ0) is 18.9. The molecule has 0 aliphatic carbocycles. The lowest BCUT2D eigenvalue weighted by Gasteiger charge is -2.43. The van der Waals surface area contributed by atoms with Gasteiger partial charge in [0.25, 0.3) is 0 Å². The Hall–Kier alpha value is -1.84. The van der Waals surface area contributed by atoms with Gasteiger partial charge in [-0.1, -0.05) is 48.0 Å². The molecular formula is C23H27ClN2O. The molecule has 2 aliphatic heterocycles. The van der Waals surface area contributed by atoms with Crippen molar-refractivity contribution in [3.05, 3.63) is 70.2 Å². The van der Waals surface area contributed by atoms with E-state index in [0.717, 1.165) is 31.6 Å². The number of fused-ring (bicyclic) bond motifs is 1. The van der Waals surface area contributed by atoms with Crippen LogP contribution in [0, 0.1) is 5.41 Å². The fraction of sp³-hybridized carbons (Fsp3) is 0.435. The average Bonchev–Trinajstić information content (AvgIpc) is 2.78. The number of nitrogens with zero attached hydrogens (tertiary/aromatic N) is 2. The van der Waals surface area contributed by atoms with Crippen molar-refractivity contribution in [1.29, 1.82) is 0 Å². The minimum absolute atomic E-state index is 0.156. The van der Waals surface area contributed by atoms with Crippen LogP contribution in [0.15, 0.2) is 48.5 Å². The summed E-state index contributed by atoms with van der Waals surface area (Å²) in [6.45, 7) is 3.76. The first-order valence-corrected chi connectivity index (χ1v) is 10.2. The summed E-state index contributed by atoms with van der Waals surface area (Å²) in [5.41, 5.74) is 3.84. The number of amides is 1. The smallest absolute Gasteiger partial charge is 0.227 e. The lowest BCUT2D eigenvalue weighted by Crippen LogP contribution is -2.49. The third-order valence-corrected chi connectivity index (χ3v) is 6.26. The predicted octanol–water partition coefficient (Wildman–Crippen LogP) is 4.18. The Morgan fingerprint density at radius 1 is 1.11 bits per heavy atom. The van der Waals surface area contributed by atoms with Crippen LogP contribution in [-0.2, 0) is 24.2 Å². The van der Waals surface area contributed by atoms with Gasteiger partial charge in [0.15, 0.2) is 0 Å². The first kappa shape index (κ1) is 18.5. The summed E-state index contributed by atoms with van der Waals surface area (Å²) in [4.78, 5) is 17.7. The standard InChI is InChI=1S/C23H27ClN2O/c1-25-11-5-10-23(16-25)14-19-7-2-3-8-20(19)15-26(17-23)22(27)13-18-6-4-9-21(24)12-18/h2-4,6-9,12H,5,10-11,13-17H2,1H3. The minimum Gasteiger partial charge on any atom is -0.337 e. The Balaban J connectivity index is 1.62. The van der Waals surface area contributed by atoms with E-state index in [-0.39, 0.29) is 11.3 Å². The monoisotopic (exact) mass is 382 g/mol. The molecule has 2 heterocycles. The number of hydrogen-bond donors (Lipinski definition) is 0. The molecule has 2 aromatic carbocycles. The predicted molar refractivity (Wildman–Crippen MR) is 110 cm³/mol. The highest BCUT2D eigenvalue weighted by molar-refractivity contribution is 6.30. The molecule has 1 amide bonds. The molecule has 2 aromatic rings. The van der Waals surface area contributed by atoms with E-state index in [1.165, 1.54) is 24.0 Å². The molecule has 142 valence electrons. The second-order valence-electron chi connectivity index (χ2n) is 8.34. The topological polar surface area (TPSA) is 23.6 Å². The zero-order valence-corrected chi connectivity index (χ0v) is 16.7. The second kappa shape index (κ2) is 7.65. The Morgan fingerprint density at radius 2 is 1.93 bits per heavy atom. The average molecular weight is 383 g/mol. The summed E-state index contributed by atoms with van der Waals surface area (Å²) < 4.78 is 0. The molecule has 1 unspecified atom stereocenters. The van der Waals surface area contributed by atoms with Crippen LogP contribution in [0.25, 0.3) is 0 Å². The SMILES string of the molecule is CN1CCCC2(Cc3ccccc3CN(C(=O)Cc3cccc(Cl)c3)C2)C1. The summed E-state index contributed by atoms with van der Waals surface area (Å²) in [6, 6.07) is 16.3. The van der Waals surface area contributed by atoms with E-state index in [0.29, 0.717) is 18.0 Å². The molecule has 1 spiro atoms. The van der Waals surface area contributed by atoms with Crippen molar-refractivity contribution in [2.45, 2.75) is 32.2 Å². The number of carbonyl (C=O) groups is 1. The van der Waals surface area contributed by atoms with Gasteiger partial charge in [-0.25, -0.2) is 0 Å². The van der Waals surface area contributed by atoms with Crippen LogP contribution >= 0.6 is 11.6 Å². The van der Waals surface area contributed by atoms with E-state index in [9.17, 15) is 4.79 Å². The second-order valence-corrected chi connectivity index (χ2v) is 8.78. The molecule has 4 heteroatoms. The summed E-state index contributed by atoms with van der Waals surface area (Å²) >= 11 is 6.11. The fourth-order valence-electron chi connectivity index (χ4n) is 4.85. The quantitative estimate of drug-likeness (QED) is 0.777. The number of carbonyl (C=O) groups excluding carboxylic acids is 1. The van der Waals surface area contributed by atoms with Gasteiger partial charge < -0.3 is 9.80 Å². The van der Waals surface area contributed by atoms with Crippen LogP contribution in [0.1, 0.15) is 29.5 Å². The maximum Gasteiger partial charge on any atom is 0.227 e. The van der Waals surface area contributed by atoms with Crippen molar-refractivity contribution in [1.82, 2.24) is 9.80 Å². The molecule has 1 fully saturated rings. The zero-order valence-electron chi connectivity index (χ0n) is 16.0. The van der Waals surface area contributed by atoms with Crippen molar-refractivity contribution >= 4 is 17.5 Å². The highest BCUT2D eigenvalue weighted by Gasteiger charge is 2.39. The molecular weight excluding hydrogens is 356 g/mol. The first-order chi connectivity index (χ1) is 13.0. The lowest BCUT2D eigenvalue weighted by molar-refractivity contribution is -0.133. The van der Waals surface area contributed by atoms with Crippen LogP contribution < -0.4 is 0 Å². The summed E-state index contributed by atoms with van der Waals surface area (Å²) in [6.07, 6.45) is 3.87. The van der Waals surface area contributed by atoms with Gasteiger partial charge in [0, 0.05) is 30.1 Å². The Bertz CT molecular complexity index is 837. The van der Waals surface area contributed by atoms with E-state index in [4.69, 9.17) is 11.6 Å².